The van der Waals surface area contributed by atoms with E-state index in [2.05, 4.69) is 16.0 Å². The first-order valence-electron chi connectivity index (χ1n) is 11.5. The third kappa shape index (κ3) is 6.45. The van der Waals surface area contributed by atoms with Gasteiger partial charge < -0.3 is 20.1 Å². The van der Waals surface area contributed by atoms with Gasteiger partial charge in [0.1, 0.15) is 15.6 Å². The van der Waals surface area contributed by atoms with Gasteiger partial charge in [0, 0.05) is 26.2 Å². The largest absolute Gasteiger partial charge is 0.375 e. The van der Waals surface area contributed by atoms with Crippen molar-refractivity contribution in [3.8, 4) is 5.75 Å². The number of nitrogens with one attached hydrogen (secondary N) is 3. The van der Waals surface area contributed by atoms with Crippen LogP contribution in [0.4, 0.5) is 20.6 Å². The van der Waals surface area contributed by atoms with E-state index in [1.807, 2.05) is 0 Å². The molecule has 10 nitrogen and oxygen atoms in total. The van der Waals surface area contributed by atoms with Gasteiger partial charge in [0.2, 0.25) is 10.0 Å². The van der Waals surface area contributed by atoms with Crippen LogP contribution >= 0.6 is 23.2 Å². The number of urea groups is 1. The van der Waals surface area contributed by atoms with Gasteiger partial charge in [0.05, 0.1) is 21.4 Å². The lowest BCUT2D eigenvalue weighted by molar-refractivity contribution is 0.262. The van der Waals surface area contributed by atoms with E-state index >= 15 is 0 Å². The molecule has 0 unspecified atom stereocenters. The van der Waals surface area contributed by atoms with E-state index in [0.29, 0.717) is 13.1 Å². The highest BCUT2D eigenvalue weighted by molar-refractivity contribution is 7.89. The van der Waals surface area contributed by atoms with Gasteiger partial charge in [0.15, 0.2) is 5.75 Å². The van der Waals surface area contributed by atoms with Crippen LogP contribution in [-0.4, -0.2) is 53.4 Å². The molecule has 1 heterocycles. The molecule has 39 heavy (non-hydrogen) atoms. The molecule has 3 aromatic rings. The molecule has 3 N–H and O–H groups in total. The molecule has 4 rings (SSSR count). The van der Waals surface area contributed by atoms with Crippen LogP contribution in [0.3, 0.4) is 0 Å². The zero-order valence-corrected chi connectivity index (χ0v) is 23.5. The van der Waals surface area contributed by atoms with E-state index < -0.39 is 42.6 Å². The number of carbonyl (C=O) groups is 1. The number of nitrogens with zero attached hydrogens (tertiary/aromatic N) is 1. The van der Waals surface area contributed by atoms with Crippen LogP contribution in [0.15, 0.2) is 64.4 Å². The molecule has 1 aliphatic rings. The maximum absolute atomic E-state index is 13.8. The van der Waals surface area contributed by atoms with Crippen molar-refractivity contribution in [3.05, 3.63) is 76.0 Å². The summed E-state index contributed by atoms with van der Waals surface area (Å²) in [6.45, 7) is 2.68. The van der Waals surface area contributed by atoms with Crippen molar-refractivity contribution in [2.75, 3.05) is 36.8 Å². The van der Waals surface area contributed by atoms with Gasteiger partial charge in [-0.2, -0.15) is 12.7 Å². The number of hydrogen-bond donors (Lipinski definition) is 3. The maximum Gasteiger partial charge on any atom is 0.339 e. The number of sulfonamides is 1. The van der Waals surface area contributed by atoms with Gasteiger partial charge in [-0.05, 0) is 43.3 Å². The Morgan fingerprint density at radius 1 is 0.949 bits per heavy atom. The summed E-state index contributed by atoms with van der Waals surface area (Å²) in [4.78, 5) is 11.9. The Balaban J connectivity index is 1.79. The molecule has 0 aliphatic carbocycles. The minimum absolute atomic E-state index is 0.0773. The quantitative estimate of drug-likeness (QED) is 0.334. The third-order valence-corrected chi connectivity index (χ3v) is 9.70. The smallest absolute Gasteiger partial charge is 0.339 e. The molecule has 0 spiro atoms. The van der Waals surface area contributed by atoms with E-state index in [1.54, 1.807) is 19.1 Å². The predicted molar refractivity (Wildman–Crippen MR) is 146 cm³/mol. The number of hydrogen-bond acceptors (Lipinski definition) is 7. The monoisotopic (exact) mass is 616 g/mol. The molecule has 2 amide bonds. The Bertz CT molecular complexity index is 1610. The van der Waals surface area contributed by atoms with Crippen molar-refractivity contribution in [1.29, 1.82) is 0 Å². The van der Waals surface area contributed by atoms with Crippen LogP contribution in [0.5, 0.6) is 5.75 Å². The van der Waals surface area contributed by atoms with E-state index in [-0.39, 0.29) is 39.4 Å². The van der Waals surface area contributed by atoms with Gasteiger partial charge in [-0.3, -0.25) is 0 Å². The van der Waals surface area contributed by atoms with E-state index in [4.69, 9.17) is 27.4 Å². The number of piperazine rings is 1. The van der Waals surface area contributed by atoms with Gasteiger partial charge in [-0.25, -0.2) is 17.6 Å². The Kier molecular flexibility index (Phi) is 8.69. The summed E-state index contributed by atoms with van der Waals surface area (Å²) in [5.74, 6) is -1.49. The summed E-state index contributed by atoms with van der Waals surface area (Å²) in [6.07, 6.45) is 0. The predicted octanol–water partition coefficient (Wildman–Crippen LogP) is 4.45. The molecule has 1 saturated heterocycles. The first-order chi connectivity index (χ1) is 18.4. The number of amides is 2. The van der Waals surface area contributed by atoms with Crippen LogP contribution in [0.25, 0.3) is 0 Å². The lowest BCUT2D eigenvalue weighted by atomic mass is 10.2. The summed E-state index contributed by atoms with van der Waals surface area (Å²) >= 11 is 12.2. The summed E-state index contributed by atoms with van der Waals surface area (Å²) in [5, 5.41) is 7.05. The van der Waals surface area contributed by atoms with Crippen molar-refractivity contribution in [2.45, 2.75) is 16.7 Å². The molecule has 1 fully saturated rings. The fourth-order valence-electron chi connectivity index (χ4n) is 3.71. The minimum atomic E-state index is -4.59. The van der Waals surface area contributed by atoms with Crippen LogP contribution in [0.1, 0.15) is 5.56 Å². The van der Waals surface area contributed by atoms with Crippen molar-refractivity contribution in [3.63, 3.8) is 0 Å². The summed E-state index contributed by atoms with van der Waals surface area (Å²) in [6, 6.07) is 10.8. The zero-order chi connectivity index (χ0) is 28.4. The summed E-state index contributed by atoms with van der Waals surface area (Å²) < 4.78 is 74.1. The number of benzene rings is 3. The Labute approximate surface area is 235 Å². The fraction of sp³-hybridized carbons (Fsp3) is 0.208. The Hall–Kier alpha value is -2.94. The van der Waals surface area contributed by atoms with E-state index in [0.717, 1.165) is 15.9 Å². The van der Waals surface area contributed by atoms with Gasteiger partial charge in [-0.15, -0.1) is 0 Å². The van der Waals surface area contributed by atoms with Crippen LogP contribution < -0.4 is 20.1 Å². The number of anilines is 2. The Morgan fingerprint density at radius 2 is 1.59 bits per heavy atom. The van der Waals surface area contributed by atoms with Gasteiger partial charge in [0.25, 0.3) is 0 Å². The molecule has 0 radical (unpaired) electrons. The van der Waals surface area contributed by atoms with Crippen molar-refractivity contribution in [1.82, 2.24) is 9.62 Å². The number of carbonyl (C=O) groups excluding carboxylic acids is 1. The first-order valence-corrected chi connectivity index (χ1v) is 15.1. The van der Waals surface area contributed by atoms with Gasteiger partial charge in [-0.1, -0.05) is 47.0 Å². The maximum atomic E-state index is 13.8. The second-order valence-electron chi connectivity index (χ2n) is 8.44. The lowest BCUT2D eigenvalue weighted by Gasteiger charge is -2.28. The molecule has 0 saturated carbocycles. The lowest BCUT2D eigenvalue weighted by Crippen LogP contribution is -2.46. The van der Waals surface area contributed by atoms with Crippen LogP contribution in [0.2, 0.25) is 10.0 Å². The van der Waals surface area contributed by atoms with E-state index in [1.165, 1.54) is 36.4 Å². The topological polar surface area (TPSA) is 134 Å². The van der Waals surface area contributed by atoms with Crippen LogP contribution in [-0.2, 0) is 20.1 Å². The molecule has 0 aromatic heterocycles. The summed E-state index contributed by atoms with van der Waals surface area (Å²) in [5.41, 5.74) is 0.383. The van der Waals surface area contributed by atoms with Crippen molar-refractivity contribution < 1.29 is 30.2 Å². The molecule has 0 bridgehead atoms. The SMILES string of the molecule is Cc1ccc(S(=O)(=O)Oc2c(NC(=O)Nc3cccc(F)c3Cl)ccc(Cl)c2S(=O)(=O)N2CCNCC2)cc1. The van der Waals surface area contributed by atoms with Crippen molar-refractivity contribution in [2.24, 2.45) is 0 Å². The average Bonchev–Trinajstić information content (AvgIpc) is 2.89. The minimum Gasteiger partial charge on any atom is -0.375 e. The van der Waals surface area contributed by atoms with Crippen LogP contribution in [0, 0.1) is 12.7 Å². The normalized spacial score (nSPS) is 14.6. The average molecular weight is 618 g/mol. The third-order valence-electron chi connectivity index (χ3n) is 5.69. The first kappa shape index (κ1) is 29.1. The highest BCUT2D eigenvalue weighted by Gasteiger charge is 2.35. The molecule has 3 aromatic carbocycles. The second-order valence-corrected chi connectivity index (χ2v) is 12.6. The Morgan fingerprint density at radius 3 is 2.26 bits per heavy atom. The number of halogens is 3. The standard InChI is InChI=1S/C24H23Cl2FN4O6S2/c1-15-5-7-16(8-6-15)39(35,36)37-22-20(30-24(32)29-19-4-2-3-18(27)21(19)26)10-9-17(25)23(22)38(33,34)31-13-11-28-12-14-31/h2-10,28H,11-14H2,1H3,(H2,29,30,32). The zero-order valence-electron chi connectivity index (χ0n) is 20.4. The number of rotatable bonds is 7. The molecule has 1 aliphatic heterocycles. The highest BCUT2D eigenvalue weighted by atomic mass is 35.5. The van der Waals surface area contributed by atoms with E-state index in [9.17, 15) is 26.0 Å². The summed E-state index contributed by atoms with van der Waals surface area (Å²) in [7, 11) is -8.97. The second kappa shape index (κ2) is 11.7. The van der Waals surface area contributed by atoms with Gasteiger partial charge >= 0.3 is 16.1 Å². The highest BCUT2D eigenvalue weighted by Crippen LogP contribution is 2.41. The molecular formula is C24H23Cl2FN4O6S2. The molecular weight excluding hydrogens is 594 g/mol. The molecule has 15 heteroatoms. The molecule has 0 atom stereocenters. The fourth-order valence-corrected chi connectivity index (χ4v) is 6.96. The molecule has 208 valence electrons. The van der Waals surface area contributed by atoms with Crippen molar-refractivity contribution >= 4 is 60.7 Å². The number of aryl methyl sites for hydroxylation is 1.